The summed E-state index contributed by atoms with van der Waals surface area (Å²) in [7, 11) is 0. The van der Waals surface area contributed by atoms with Gasteiger partial charge in [-0.1, -0.05) is 109 Å². The Kier molecular flexibility index (Phi) is 7.17. The fourth-order valence-electron chi connectivity index (χ4n) is 4.28. The predicted molar refractivity (Wildman–Crippen MR) is 131 cm³/mol. The van der Waals surface area contributed by atoms with Crippen LogP contribution in [0.3, 0.4) is 0 Å². The van der Waals surface area contributed by atoms with Gasteiger partial charge in [0.05, 0.1) is 24.5 Å². The molecule has 1 atom stereocenters. The molecule has 168 valence electrons. The summed E-state index contributed by atoms with van der Waals surface area (Å²) in [6.07, 6.45) is 0.732. The second kappa shape index (κ2) is 10.6. The number of aliphatic hydroxyl groups is 1. The maximum atomic E-state index is 14.8. The highest BCUT2D eigenvalue weighted by Gasteiger charge is 2.39. The van der Waals surface area contributed by atoms with Crippen LogP contribution in [0.4, 0.5) is 4.39 Å². The fraction of sp³-hybridized carbons (Fsp3) is 0.100. The number of nitriles is 1. The highest BCUT2D eigenvalue weighted by atomic mass is 19.1. The minimum Gasteiger partial charge on any atom is -0.515 e. The van der Waals surface area contributed by atoms with E-state index in [0.717, 1.165) is 23.0 Å². The number of halogens is 1. The number of aliphatic hydroxyl groups excluding tert-OH is 1. The van der Waals surface area contributed by atoms with Gasteiger partial charge in [0.25, 0.3) is 0 Å². The molecule has 0 aliphatic rings. The lowest BCUT2D eigenvalue weighted by atomic mass is 9.79. The molecule has 0 fully saturated rings. The third-order valence-electron chi connectivity index (χ3n) is 5.93. The van der Waals surface area contributed by atoms with E-state index < -0.39 is 17.3 Å². The molecule has 4 heteroatoms. The molecule has 1 N–H and O–H groups in total. The molecular weight excluding hydrogens is 425 g/mol. The minimum atomic E-state index is -1.02. The average molecular weight is 450 g/mol. The van der Waals surface area contributed by atoms with Crippen LogP contribution in [0, 0.1) is 17.1 Å². The molecule has 4 aromatic rings. The Morgan fingerprint density at radius 2 is 1.24 bits per heavy atom. The van der Waals surface area contributed by atoms with Gasteiger partial charge < -0.3 is 9.84 Å². The molecule has 4 rings (SSSR count). The maximum Gasteiger partial charge on any atom is 0.143 e. The van der Waals surface area contributed by atoms with Crippen LogP contribution in [-0.4, -0.2) is 11.7 Å². The van der Waals surface area contributed by atoms with Crippen molar-refractivity contribution in [2.75, 3.05) is 6.61 Å². The SMILES string of the molecule is N#C/C(=C\O)[C@H](COC(c1ccccc1)(c1ccccc1)c1ccccc1)c1ccccc1F. The van der Waals surface area contributed by atoms with Crippen molar-refractivity contribution in [2.24, 2.45) is 0 Å². The number of rotatable bonds is 8. The topological polar surface area (TPSA) is 53.2 Å². The zero-order chi connectivity index (χ0) is 23.8. The molecule has 0 radical (unpaired) electrons. The van der Waals surface area contributed by atoms with Crippen LogP contribution in [0.25, 0.3) is 0 Å². The molecule has 0 saturated carbocycles. The quantitative estimate of drug-likeness (QED) is 0.181. The smallest absolute Gasteiger partial charge is 0.143 e. The molecule has 0 aliphatic heterocycles. The van der Waals surface area contributed by atoms with Gasteiger partial charge in [0, 0.05) is 5.92 Å². The summed E-state index contributed by atoms with van der Waals surface area (Å²) in [6, 6.07) is 37.7. The van der Waals surface area contributed by atoms with Crippen molar-refractivity contribution in [1.29, 1.82) is 5.26 Å². The van der Waals surface area contributed by atoms with E-state index in [1.54, 1.807) is 18.2 Å². The first-order chi connectivity index (χ1) is 16.7. The monoisotopic (exact) mass is 449 g/mol. The zero-order valence-corrected chi connectivity index (χ0v) is 18.5. The number of ether oxygens (including phenoxy) is 1. The van der Waals surface area contributed by atoms with Crippen LogP contribution >= 0.6 is 0 Å². The van der Waals surface area contributed by atoms with Crippen LogP contribution in [0.15, 0.2) is 127 Å². The highest BCUT2D eigenvalue weighted by Crippen LogP contribution is 2.42. The van der Waals surface area contributed by atoms with E-state index in [1.165, 1.54) is 6.07 Å². The molecule has 0 aromatic heterocycles. The lowest BCUT2D eigenvalue weighted by molar-refractivity contribution is 0.00804. The van der Waals surface area contributed by atoms with Crippen LogP contribution in [-0.2, 0) is 10.3 Å². The van der Waals surface area contributed by atoms with E-state index in [1.807, 2.05) is 97.1 Å². The lowest BCUT2D eigenvalue weighted by Gasteiger charge is -2.37. The summed E-state index contributed by atoms with van der Waals surface area (Å²) >= 11 is 0. The van der Waals surface area contributed by atoms with Crippen LogP contribution in [0.2, 0.25) is 0 Å². The van der Waals surface area contributed by atoms with Gasteiger partial charge in [-0.05, 0) is 28.3 Å². The molecule has 34 heavy (non-hydrogen) atoms. The maximum absolute atomic E-state index is 14.8. The summed E-state index contributed by atoms with van der Waals surface area (Å²) in [5.74, 6) is -1.26. The van der Waals surface area contributed by atoms with E-state index in [4.69, 9.17) is 4.74 Å². The molecule has 0 spiro atoms. The third kappa shape index (κ3) is 4.47. The van der Waals surface area contributed by atoms with Crippen molar-refractivity contribution in [3.05, 3.63) is 155 Å². The average Bonchev–Trinajstić information content (AvgIpc) is 2.91. The van der Waals surface area contributed by atoms with Crippen LogP contribution in [0.1, 0.15) is 28.2 Å². The predicted octanol–water partition coefficient (Wildman–Crippen LogP) is 6.88. The van der Waals surface area contributed by atoms with E-state index in [9.17, 15) is 14.8 Å². The van der Waals surface area contributed by atoms with Crippen LogP contribution < -0.4 is 0 Å². The molecule has 0 bridgehead atoms. The fourth-order valence-corrected chi connectivity index (χ4v) is 4.28. The van der Waals surface area contributed by atoms with Crippen molar-refractivity contribution in [3.8, 4) is 6.07 Å². The molecule has 3 nitrogen and oxygen atoms in total. The second-order valence-corrected chi connectivity index (χ2v) is 7.86. The summed E-state index contributed by atoms with van der Waals surface area (Å²) < 4.78 is 21.6. The first-order valence-electron chi connectivity index (χ1n) is 11.0. The van der Waals surface area contributed by atoms with Gasteiger partial charge in [0.2, 0.25) is 0 Å². The number of hydrogen-bond donors (Lipinski definition) is 1. The summed E-state index contributed by atoms with van der Waals surface area (Å²) in [4.78, 5) is 0. The molecular formula is C30H24FNO2. The third-order valence-corrected chi connectivity index (χ3v) is 5.93. The second-order valence-electron chi connectivity index (χ2n) is 7.86. The van der Waals surface area contributed by atoms with Gasteiger partial charge in [-0.25, -0.2) is 4.39 Å². The summed E-state index contributed by atoms with van der Waals surface area (Å²) in [5, 5.41) is 19.4. The van der Waals surface area contributed by atoms with E-state index in [0.29, 0.717) is 0 Å². The molecule has 0 amide bonds. The number of benzene rings is 4. The molecule has 4 aromatic carbocycles. The Balaban J connectivity index is 1.89. The van der Waals surface area contributed by atoms with Crippen molar-refractivity contribution in [1.82, 2.24) is 0 Å². The van der Waals surface area contributed by atoms with Gasteiger partial charge >= 0.3 is 0 Å². The van der Waals surface area contributed by atoms with Gasteiger partial charge in [0.1, 0.15) is 11.4 Å². The Bertz CT molecular complexity index is 1190. The Labute approximate surface area is 199 Å². The van der Waals surface area contributed by atoms with Crippen molar-refractivity contribution < 1.29 is 14.2 Å². The van der Waals surface area contributed by atoms with Gasteiger partial charge in [-0.3, -0.25) is 0 Å². The Morgan fingerprint density at radius 1 is 0.794 bits per heavy atom. The van der Waals surface area contributed by atoms with Crippen molar-refractivity contribution >= 4 is 0 Å². The van der Waals surface area contributed by atoms with Crippen molar-refractivity contribution in [2.45, 2.75) is 11.5 Å². The first kappa shape index (κ1) is 23.0. The molecule has 0 heterocycles. The van der Waals surface area contributed by atoms with Gasteiger partial charge in [0.15, 0.2) is 0 Å². The number of hydrogen-bond acceptors (Lipinski definition) is 3. The van der Waals surface area contributed by atoms with Gasteiger partial charge in [-0.15, -0.1) is 0 Å². The number of nitrogens with zero attached hydrogens (tertiary/aromatic N) is 1. The zero-order valence-electron chi connectivity index (χ0n) is 18.5. The Morgan fingerprint density at radius 3 is 1.65 bits per heavy atom. The van der Waals surface area contributed by atoms with Gasteiger partial charge in [-0.2, -0.15) is 5.26 Å². The minimum absolute atomic E-state index is 0.0215. The summed E-state index contributed by atoms with van der Waals surface area (Å²) in [5.41, 5.74) is 1.97. The normalized spacial score (nSPS) is 12.6. The van der Waals surface area contributed by atoms with Crippen molar-refractivity contribution in [3.63, 3.8) is 0 Å². The standard InChI is InChI=1S/C30H24FNO2/c31-29-19-11-10-18-27(29)28(23(20-32)21-33)22-34-30(24-12-4-1-5-13-24,25-14-6-2-7-15-25)26-16-8-3-9-17-26/h1-19,21,28,33H,22H2/b23-21+/t28-/m0/s1. The van der Waals surface area contributed by atoms with Crippen LogP contribution in [0.5, 0.6) is 0 Å². The lowest BCUT2D eigenvalue weighted by Crippen LogP contribution is -2.34. The Hall–Kier alpha value is -4.20. The van der Waals surface area contributed by atoms with E-state index in [2.05, 4.69) is 0 Å². The van der Waals surface area contributed by atoms with E-state index >= 15 is 0 Å². The highest BCUT2D eigenvalue weighted by molar-refractivity contribution is 5.48. The molecule has 0 aliphatic carbocycles. The largest absolute Gasteiger partial charge is 0.515 e. The molecule has 0 unspecified atom stereocenters. The summed E-state index contributed by atoms with van der Waals surface area (Å²) in [6.45, 7) is -0.0421. The van der Waals surface area contributed by atoms with E-state index in [-0.39, 0.29) is 17.7 Å². The molecule has 0 saturated heterocycles. The first-order valence-corrected chi connectivity index (χ1v) is 11.0.